The van der Waals surface area contributed by atoms with Gasteiger partial charge in [-0.3, -0.25) is 0 Å². The fourth-order valence-electron chi connectivity index (χ4n) is 1.97. The second-order valence-corrected chi connectivity index (χ2v) is 7.04. The summed E-state index contributed by atoms with van der Waals surface area (Å²) in [6.45, 7) is 3.16. The number of nitriles is 1. The van der Waals surface area contributed by atoms with Gasteiger partial charge in [-0.2, -0.15) is 10.4 Å². The van der Waals surface area contributed by atoms with Crippen LogP contribution >= 0.6 is 0 Å². The molecule has 0 saturated heterocycles. The lowest BCUT2D eigenvalue weighted by molar-refractivity contribution is 0.0840. The maximum absolute atomic E-state index is 9.12. The van der Waals surface area contributed by atoms with E-state index in [0.717, 1.165) is 28.8 Å². The molecule has 0 spiro atoms. The predicted molar refractivity (Wildman–Crippen MR) is 79.2 cm³/mol. The molecule has 5 heteroatoms. The average molecular weight is 276 g/mol. The topological polar surface area (TPSA) is 50.8 Å². The smallest absolute Gasteiger partial charge is 0.170 e. The Morgan fingerprint density at radius 2 is 2.21 bits per heavy atom. The molecule has 0 bridgehead atoms. The third-order valence-corrected chi connectivity index (χ3v) is 3.91. The predicted octanol–water partition coefficient (Wildman–Crippen LogP) is 2.07. The third kappa shape index (κ3) is 3.09. The van der Waals surface area contributed by atoms with Crippen molar-refractivity contribution in [3.8, 4) is 6.07 Å². The van der Waals surface area contributed by atoms with Crippen molar-refractivity contribution < 1.29 is 4.74 Å². The van der Waals surface area contributed by atoms with Gasteiger partial charge in [-0.25, -0.2) is 4.68 Å². The van der Waals surface area contributed by atoms with Gasteiger partial charge in [-0.15, -0.1) is 0 Å². The van der Waals surface area contributed by atoms with Crippen molar-refractivity contribution in [2.24, 2.45) is 0 Å². The third-order valence-electron chi connectivity index (χ3n) is 2.93. The first kappa shape index (κ1) is 13.9. The van der Waals surface area contributed by atoms with Gasteiger partial charge in [-0.05, 0) is 29.4 Å². The maximum atomic E-state index is 9.12. The highest BCUT2D eigenvalue weighted by Gasteiger charge is 2.12. The number of para-hydroxylation sites is 1. The molecule has 0 amide bonds. The number of aryl methyl sites for hydroxylation is 1. The zero-order valence-electron chi connectivity index (χ0n) is 11.5. The van der Waals surface area contributed by atoms with Crippen LogP contribution in [0.3, 0.4) is 0 Å². The number of hydrogen-bond donors (Lipinski definition) is 0. The first-order valence-electron chi connectivity index (χ1n) is 6.11. The first-order chi connectivity index (χ1) is 9.13. The molecular weight excluding hydrogens is 258 g/mol. The Labute approximate surface area is 116 Å². The summed E-state index contributed by atoms with van der Waals surface area (Å²) in [5.41, 5.74) is 2.57. The number of benzene rings is 1. The molecule has 0 aliphatic heterocycles. The number of ether oxygens (including phenoxy) is 1. The van der Waals surface area contributed by atoms with Crippen LogP contribution in [0, 0.1) is 18.3 Å². The van der Waals surface area contributed by atoms with Gasteiger partial charge in [-0.1, -0.05) is 12.1 Å². The molecule has 0 aliphatic carbocycles. The molecule has 0 atom stereocenters. The molecule has 0 unspecified atom stereocenters. The Kier molecular flexibility index (Phi) is 4.46. The minimum atomic E-state index is 0.392. The minimum Gasteiger partial charge on any atom is -0.354 e. The molecule has 4 nitrogen and oxygen atoms in total. The van der Waals surface area contributed by atoms with Crippen LogP contribution in [0.15, 0.2) is 18.2 Å². The van der Waals surface area contributed by atoms with Crippen molar-refractivity contribution in [2.45, 2.75) is 13.7 Å². The van der Waals surface area contributed by atoms with E-state index in [1.807, 2.05) is 25.1 Å². The number of hydrogen-bond acceptors (Lipinski definition) is 3. The van der Waals surface area contributed by atoms with E-state index in [4.69, 9.17) is 10.00 Å². The molecule has 0 radical (unpaired) electrons. The van der Waals surface area contributed by atoms with Crippen LogP contribution in [0.4, 0.5) is 0 Å². The van der Waals surface area contributed by atoms with Crippen LogP contribution < -0.4 is 0 Å². The summed E-state index contributed by atoms with van der Waals surface area (Å²) >= 11 is 0. The van der Waals surface area contributed by atoms with Gasteiger partial charge in [0.25, 0.3) is 0 Å². The molecular formula is C14H18N3OS+. The Bertz CT molecular complexity index is 613. The van der Waals surface area contributed by atoms with Crippen molar-refractivity contribution in [3.05, 3.63) is 29.5 Å². The lowest BCUT2D eigenvalue weighted by Gasteiger charge is -2.06. The number of nitrogens with zero attached hydrogens (tertiary/aromatic N) is 3. The van der Waals surface area contributed by atoms with Crippen molar-refractivity contribution in [1.29, 1.82) is 5.26 Å². The molecule has 0 N–H and O–H groups in total. The van der Waals surface area contributed by atoms with E-state index >= 15 is 0 Å². The highest BCUT2D eigenvalue weighted by atomic mass is 32.2. The molecule has 19 heavy (non-hydrogen) atoms. The van der Waals surface area contributed by atoms with Crippen LogP contribution in [0.1, 0.15) is 11.3 Å². The van der Waals surface area contributed by atoms with Crippen molar-refractivity contribution >= 4 is 21.8 Å². The monoisotopic (exact) mass is 276 g/mol. The molecule has 100 valence electrons. The highest BCUT2D eigenvalue weighted by molar-refractivity contribution is 7.95. The second-order valence-electron chi connectivity index (χ2n) is 4.66. The zero-order valence-corrected chi connectivity index (χ0v) is 12.3. The molecule has 0 saturated carbocycles. The number of fused-ring (bicyclic) bond motifs is 1. The van der Waals surface area contributed by atoms with Crippen molar-refractivity contribution in [2.75, 3.05) is 24.9 Å². The largest absolute Gasteiger partial charge is 0.354 e. The van der Waals surface area contributed by atoms with Crippen LogP contribution in [0.5, 0.6) is 0 Å². The van der Waals surface area contributed by atoms with Crippen molar-refractivity contribution in [1.82, 2.24) is 9.78 Å². The molecule has 1 aromatic heterocycles. The van der Waals surface area contributed by atoms with E-state index in [1.165, 1.54) is 0 Å². The Morgan fingerprint density at radius 1 is 1.42 bits per heavy atom. The van der Waals surface area contributed by atoms with E-state index in [0.29, 0.717) is 23.3 Å². The molecule has 1 heterocycles. The Hall–Kier alpha value is -1.51. The summed E-state index contributed by atoms with van der Waals surface area (Å²) in [5, 5.41) is 14.3. The summed E-state index contributed by atoms with van der Waals surface area (Å²) in [6, 6.07) is 8.05. The highest BCUT2D eigenvalue weighted by Crippen LogP contribution is 2.21. The SMILES string of the molecule is Cc1cccc2c(C#N)nn(COCC[S+](C)C)c12. The van der Waals surface area contributed by atoms with E-state index in [9.17, 15) is 0 Å². The van der Waals surface area contributed by atoms with Gasteiger partial charge in [0.05, 0.1) is 24.6 Å². The summed E-state index contributed by atoms with van der Waals surface area (Å²) in [7, 11) is 0.392. The van der Waals surface area contributed by atoms with Gasteiger partial charge >= 0.3 is 0 Å². The quantitative estimate of drug-likeness (QED) is 0.620. The standard InChI is InChI=1S/C14H18N3OS/c1-11-5-4-6-12-13(9-15)16-17(14(11)12)10-18-7-8-19(2)3/h4-6H,7-8,10H2,1-3H3/q+1. The van der Waals surface area contributed by atoms with E-state index in [-0.39, 0.29) is 0 Å². The summed E-state index contributed by atoms with van der Waals surface area (Å²) in [4.78, 5) is 0. The minimum absolute atomic E-state index is 0.392. The molecule has 2 rings (SSSR count). The second kappa shape index (κ2) is 6.09. The van der Waals surface area contributed by atoms with Gasteiger partial charge in [0.15, 0.2) is 5.69 Å². The van der Waals surface area contributed by atoms with E-state index in [2.05, 4.69) is 23.7 Å². The van der Waals surface area contributed by atoms with Crippen LogP contribution in [-0.2, 0) is 22.4 Å². The first-order valence-corrected chi connectivity index (χ1v) is 8.32. The zero-order chi connectivity index (χ0) is 13.8. The fourth-order valence-corrected chi connectivity index (χ4v) is 2.42. The Balaban J connectivity index is 2.21. The molecule has 1 aromatic carbocycles. The summed E-state index contributed by atoms with van der Waals surface area (Å²) in [5.74, 6) is 1.06. The van der Waals surface area contributed by atoms with E-state index in [1.54, 1.807) is 4.68 Å². The van der Waals surface area contributed by atoms with Crippen molar-refractivity contribution in [3.63, 3.8) is 0 Å². The van der Waals surface area contributed by atoms with Crippen LogP contribution in [0.2, 0.25) is 0 Å². The number of aromatic nitrogens is 2. The van der Waals surface area contributed by atoms with Crippen LogP contribution in [-0.4, -0.2) is 34.7 Å². The van der Waals surface area contributed by atoms with E-state index < -0.39 is 0 Å². The molecule has 0 fully saturated rings. The van der Waals surface area contributed by atoms with Gasteiger partial charge in [0.2, 0.25) is 0 Å². The molecule has 2 aromatic rings. The lowest BCUT2D eigenvalue weighted by Crippen LogP contribution is -2.12. The average Bonchev–Trinajstić information content (AvgIpc) is 2.74. The lowest BCUT2D eigenvalue weighted by atomic mass is 10.1. The Morgan fingerprint density at radius 3 is 2.89 bits per heavy atom. The maximum Gasteiger partial charge on any atom is 0.170 e. The van der Waals surface area contributed by atoms with Gasteiger partial charge < -0.3 is 4.74 Å². The molecule has 0 aliphatic rings. The van der Waals surface area contributed by atoms with Crippen LogP contribution in [0.25, 0.3) is 10.9 Å². The fraction of sp³-hybridized carbons (Fsp3) is 0.429. The van der Waals surface area contributed by atoms with Gasteiger partial charge in [0, 0.05) is 5.39 Å². The summed E-state index contributed by atoms with van der Waals surface area (Å²) in [6.07, 6.45) is 4.40. The van der Waals surface area contributed by atoms with Gasteiger partial charge in [0.1, 0.15) is 18.6 Å². The normalized spacial score (nSPS) is 11.1. The summed E-state index contributed by atoms with van der Waals surface area (Å²) < 4.78 is 7.43. The number of rotatable bonds is 5.